The minimum absolute atomic E-state index is 0. The number of hydrogen-bond acceptors (Lipinski definition) is 3. The summed E-state index contributed by atoms with van der Waals surface area (Å²) in [6, 6.07) is 8.56. The molecule has 0 spiro atoms. The Morgan fingerprint density at radius 2 is 2.19 bits per heavy atom. The fourth-order valence-electron chi connectivity index (χ4n) is 5.71. The lowest BCUT2D eigenvalue weighted by atomic mass is 9.60. The zero-order chi connectivity index (χ0) is 17.2. The van der Waals surface area contributed by atoms with E-state index < -0.39 is 5.41 Å². The van der Waals surface area contributed by atoms with E-state index in [1.165, 1.54) is 23.6 Å². The lowest BCUT2D eigenvalue weighted by molar-refractivity contribution is -0.153. The van der Waals surface area contributed by atoms with Gasteiger partial charge >= 0.3 is 5.97 Å². The van der Waals surface area contributed by atoms with Gasteiger partial charge in [0.15, 0.2) is 0 Å². The molecule has 1 fully saturated rings. The Balaban J connectivity index is 0.00000168. The highest BCUT2D eigenvalue weighted by atomic mass is 35.5. The first-order chi connectivity index (χ1) is 12.2. The van der Waals surface area contributed by atoms with E-state index in [1.54, 1.807) is 0 Å². The molecule has 4 atom stereocenters. The van der Waals surface area contributed by atoms with E-state index in [9.17, 15) is 4.79 Å². The summed E-state index contributed by atoms with van der Waals surface area (Å²) in [4.78, 5) is 19.4. The van der Waals surface area contributed by atoms with Crippen LogP contribution in [-0.2, 0) is 21.4 Å². The molecule has 5 heteroatoms. The van der Waals surface area contributed by atoms with Crippen LogP contribution >= 0.6 is 12.4 Å². The molecule has 1 N–H and O–H groups in total. The first-order valence-corrected chi connectivity index (χ1v) is 9.32. The van der Waals surface area contributed by atoms with Crippen LogP contribution in [-0.4, -0.2) is 42.1 Å². The number of piperidine rings is 1. The molecule has 6 rings (SSSR count). The lowest BCUT2D eigenvalue weighted by Crippen LogP contribution is -2.63. The van der Waals surface area contributed by atoms with E-state index >= 15 is 0 Å². The van der Waals surface area contributed by atoms with Crippen LogP contribution in [0.5, 0.6) is 0 Å². The molecule has 4 heterocycles. The summed E-state index contributed by atoms with van der Waals surface area (Å²) >= 11 is 0. The van der Waals surface area contributed by atoms with Crippen molar-refractivity contribution in [1.82, 2.24) is 9.88 Å². The van der Waals surface area contributed by atoms with Crippen molar-refractivity contribution in [1.29, 1.82) is 0 Å². The van der Waals surface area contributed by atoms with Crippen LogP contribution in [0.3, 0.4) is 0 Å². The quantitative estimate of drug-likeness (QED) is 0.647. The van der Waals surface area contributed by atoms with Crippen molar-refractivity contribution < 1.29 is 9.53 Å². The number of hydrogen-bond donors (Lipinski definition) is 1. The Labute approximate surface area is 160 Å². The maximum absolute atomic E-state index is 13.2. The minimum Gasteiger partial charge on any atom is -0.468 e. The van der Waals surface area contributed by atoms with E-state index in [0.29, 0.717) is 5.92 Å². The van der Waals surface area contributed by atoms with Gasteiger partial charge in [0.2, 0.25) is 0 Å². The van der Waals surface area contributed by atoms with Gasteiger partial charge in [0.25, 0.3) is 0 Å². The van der Waals surface area contributed by atoms with Crippen LogP contribution in [0.2, 0.25) is 0 Å². The molecular weight excluding hydrogens is 348 g/mol. The van der Waals surface area contributed by atoms with Crippen LogP contribution in [0.4, 0.5) is 0 Å². The van der Waals surface area contributed by atoms with Crippen LogP contribution in [0.15, 0.2) is 35.9 Å². The molecule has 1 aliphatic carbocycles. The second kappa shape index (κ2) is 6.14. The number of methoxy groups -OCH3 is 1. The summed E-state index contributed by atoms with van der Waals surface area (Å²) in [7, 11) is 1.53. The lowest BCUT2D eigenvalue weighted by Gasteiger charge is -2.53. The molecule has 4 nitrogen and oxygen atoms in total. The average Bonchev–Trinajstić information content (AvgIpc) is 3.00. The van der Waals surface area contributed by atoms with Crippen molar-refractivity contribution in [3.63, 3.8) is 0 Å². The molecule has 1 aromatic heterocycles. The molecule has 0 saturated carbocycles. The van der Waals surface area contributed by atoms with Crippen molar-refractivity contribution in [3.05, 3.63) is 47.2 Å². The number of esters is 1. The average molecular weight is 373 g/mol. The number of rotatable bonds is 2. The van der Waals surface area contributed by atoms with Gasteiger partial charge in [0.05, 0.1) is 13.2 Å². The molecule has 1 aromatic carbocycles. The smallest absolute Gasteiger partial charge is 0.319 e. The predicted molar refractivity (Wildman–Crippen MR) is 105 cm³/mol. The Morgan fingerprint density at radius 3 is 2.96 bits per heavy atom. The second-order valence-electron chi connectivity index (χ2n) is 7.69. The number of ether oxygens (including phenoxy) is 1. The van der Waals surface area contributed by atoms with Gasteiger partial charge in [-0.15, -0.1) is 12.4 Å². The van der Waals surface area contributed by atoms with E-state index in [-0.39, 0.29) is 24.4 Å². The normalized spacial score (nSPS) is 31.6. The third kappa shape index (κ3) is 2.09. The maximum atomic E-state index is 13.2. The van der Waals surface area contributed by atoms with Crippen LogP contribution in [0, 0.1) is 5.92 Å². The van der Waals surface area contributed by atoms with E-state index in [2.05, 4.69) is 47.1 Å². The summed E-state index contributed by atoms with van der Waals surface area (Å²) < 4.78 is 5.41. The van der Waals surface area contributed by atoms with Gasteiger partial charge in [0, 0.05) is 29.7 Å². The van der Waals surface area contributed by atoms with Gasteiger partial charge in [-0.25, -0.2) is 0 Å². The highest BCUT2D eigenvalue weighted by molar-refractivity contribution is 5.92. The Morgan fingerprint density at radius 1 is 1.38 bits per heavy atom. The number of nitrogens with one attached hydrogen (secondary N) is 1. The standard InChI is InChI=1S/C21H24N2O2.ClH/c1-3-14-10-13-11-21(20(24)25-2)18-16(8-9-23(12-13)19(14)21)15-6-4-5-7-17(15)22-18;/h4-7,10,13,19,22H,3,8-9,11-12H2,1-2H3;1H/t13?,19-,21+;/m1./s1. The zero-order valence-electron chi connectivity index (χ0n) is 15.2. The first kappa shape index (κ1) is 17.6. The molecule has 4 aliphatic rings. The fourth-order valence-corrected chi connectivity index (χ4v) is 5.71. The second-order valence-corrected chi connectivity index (χ2v) is 7.69. The van der Waals surface area contributed by atoms with Gasteiger partial charge in [0.1, 0.15) is 5.41 Å². The predicted octanol–water partition coefficient (Wildman–Crippen LogP) is 3.60. The van der Waals surface area contributed by atoms with Gasteiger partial charge < -0.3 is 9.72 Å². The largest absolute Gasteiger partial charge is 0.468 e. The summed E-state index contributed by atoms with van der Waals surface area (Å²) in [6.45, 7) is 4.28. The van der Waals surface area contributed by atoms with E-state index in [4.69, 9.17) is 4.74 Å². The molecule has 2 aromatic rings. The third-order valence-electron chi connectivity index (χ3n) is 6.55. The number of H-pyrrole nitrogens is 1. The molecule has 1 saturated heterocycles. The number of halogens is 1. The first-order valence-electron chi connectivity index (χ1n) is 9.32. The fraction of sp³-hybridized carbons (Fsp3) is 0.476. The number of carbonyl (C=O) groups excluding carboxylic acids is 1. The minimum atomic E-state index is -0.595. The Bertz CT molecular complexity index is 903. The van der Waals surface area contributed by atoms with Crippen molar-refractivity contribution in [2.75, 3.05) is 20.2 Å². The third-order valence-corrected chi connectivity index (χ3v) is 6.55. The van der Waals surface area contributed by atoms with Gasteiger partial charge in [-0.1, -0.05) is 36.8 Å². The van der Waals surface area contributed by atoms with Gasteiger partial charge in [-0.05, 0) is 36.8 Å². The molecule has 0 amide bonds. The van der Waals surface area contributed by atoms with Crippen LogP contribution in [0.1, 0.15) is 31.0 Å². The summed E-state index contributed by atoms with van der Waals surface area (Å²) in [6.07, 6.45) is 5.25. The van der Waals surface area contributed by atoms with Crippen molar-refractivity contribution >= 4 is 29.3 Å². The number of fused-ring (bicyclic) bond motifs is 3. The number of aromatic amines is 1. The highest BCUT2D eigenvalue weighted by Gasteiger charge is 2.60. The Hall–Kier alpha value is -1.78. The SMILES string of the molecule is CCC1=CC2CN3CCc4c([nH]c5ccccc45)[C@@](C(=O)OC)(C2)[C@@H]13.Cl. The molecule has 3 aliphatic heterocycles. The summed E-state index contributed by atoms with van der Waals surface area (Å²) in [5, 5.41) is 1.26. The van der Waals surface area contributed by atoms with E-state index in [1.807, 2.05) is 0 Å². The monoisotopic (exact) mass is 372 g/mol. The van der Waals surface area contributed by atoms with Crippen molar-refractivity contribution in [2.24, 2.45) is 5.92 Å². The van der Waals surface area contributed by atoms with Crippen LogP contribution < -0.4 is 0 Å². The number of aromatic nitrogens is 1. The molecule has 138 valence electrons. The molecule has 4 bridgehead atoms. The molecule has 26 heavy (non-hydrogen) atoms. The molecule has 0 radical (unpaired) electrons. The maximum Gasteiger partial charge on any atom is 0.319 e. The number of benzene rings is 1. The number of carbonyl (C=O) groups is 1. The summed E-state index contributed by atoms with van der Waals surface area (Å²) in [5.74, 6) is 0.345. The van der Waals surface area contributed by atoms with Gasteiger partial charge in [-0.3, -0.25) is 9.69 Å². The molecule has 2 unspecified atom stereocenters. The van der Waals surface area contributed by atoms with Crippen molar-refractivity contribution in [3.8, 4) is 0 Å². The van der Waals surface area contributed by atoms with Crippen molar-refractivity contribution in [2.45, 2.75) is 37.6 Å². The highest BCUT2D eigenvalue weighted by Crippen LogP contribution is 2.52. The van der Waals surface area contributed by atoms with Crippen LogP contribution in [0.25, 0.3) is 10.9 Å². The summed E-state index contributed by atoms with van der Waals surface area (Å²) in [5.41, 5.74) is 4.36. The Kier molecular flexibility index (Phi) is 4.16. The van der Waals surface area contributed by atoms with E-state index in [0.717, 1.165) is 43.6 Å². The van der Waals surface area contributed by atoms with Gasteiger partial charge in [-0.2, -0.15) is 0 Å². The number of nitrogens with zero attached hydrogens (tertiary/aromatic N) is 1. The molecular formula is C21H25ClN2O2. The zero-order valence-corrected chi connectivity index (χ0v) is 16.1. The topological polar surface area (TPSA) is 45.3 Å². The number of para-hydroxylation sites is 1.